The van der Waals surface area contributed by atoms with Crippen LogP contribution in [0.5, 0.6) is 5.75 Å². The maximum Gasteiger partial charge on any atom is 0.392 e. The number of alkyl halides is 3. The highest BCUT2D eigenvalue weighted by molar-refractivity contribution is 6.32. The molecule has 88 valence electrons. The Morgan fingerprint density at radius 1 is 1.38 bits per heavy atom. The van der Waals surface area contributed by atoms with Gasteiger partial charge in [0.25, 0.3) is 0 Å². The highest BCUT2D eigenvalue weighted by atomic mass is 35.5. The van der Waals surface area contributed by atoms with Crippen LogP contribution in [0.3, 0.4) is 0 Å². The number of aldehydes is 1. The van der Waals surface area contributed by atoms with E-state index in [1.807, 2.05) is 0 Å². The highest BCUT2D eigenvalue weighted by Crippen LogP contribution is 2.28. The number of hydrogen-bond donors (Lipinski definition) is 0. The van der Waals surface area contributed by atoms with Crippen molar-refractivity contribution in [1.29, 1.82) is 0 Å². The van der Waals surface area contributed by atoms with Crippen molar-refractivity contribution in [3.63, 3.8) is 0 Å². The van der Waals surface area contributed by atoms with Crippen molar-refractivity contribution in [2.75, 3.05) is 6.61 Å². The standard InChI is InChI=1S/C10H8ClF3O2/c11-8-3-1-2-7(6-15)9(8)16-5-4-10(12,13)14/h1-3,6H,4-5H2. The molecule has 16 heavy (non-hydrogen) atoms. The average Bonchev–Trinajstić information content (AvgIpc) is 2.18. The first-order chi connectivity index (χ1) is 7.44. The van der Waals surface area contributed by atoms with Gasteiger partial charge in [-0.25, -0.2) is 0 Å². The molecule has 0 radical (unpaired) electrons. The summed E-state index contributed by atoms with van der Waals surface area (Å²) >= 11 is 5.69. The molecule has 0 aliphatic rings. The summed E-state index contributed by atoms with van der Waals surface area (Å²) in [5, 5.41) is 0.117. The molecule has 0 unspecified atom stereocenters. The minimum atomic E-state index is -4.29. The van der Waals surface area contributed by atoms with Crippen LogP contribution in [0.2, 0.25) is 5.02 Å². The number of hydrogen-bond acceptors (Lipinski definition) is 2. The fraction of sp³-hybridized carbons (Fsp3) is 0.300. The van der Waals surface area contributed by atoms with Crippen LogP contribution in [0.1, 0.15) is 16.8 Å². The summed E-state index contributed by atoms with van der Waals surface area (Å²) in [6.45, 7) is -0.561. The number of halogens is 4. The van der Waals surface area contributed by atoms with Gasteiger partial charge in [0.05, 0.1) is 23.6 Å². The molecule has 1 aromatic rings. The van der Waals surface area contributed by atoms with Gasteiger partial charge in [0.1, 0.15) is 5.75 Å². The molecule has 1 aromatic carbocycles. The number of carbonyl (C=O) groups is 1. The van der Waals surface area contributed by atoms with E-state index >= 15 is 0 Å². The van der Waals surface area contributed by atoms with Crippen LogP contribution in [0.15, 0.2) is 18.2 Å². The minimum Gasteiger partial charge on any atom is -0.491 e. The van der Waals surface area contributed by atoms with Gasteiger partial charge in [-0.05, 0) is 12.1 Å². The molecule has 0 N–H and O–H groups in total. The molecular weight excluding hydrogens is 245 g/mol. The lowest BCUT2D eigenvalue weighted by Crippen LogP contribution is -2.13. The Kier molecular flexibility index (Phi) is 4.18. The first kappa shape index (κ1) is 12.8. The molecule has 0 amide bonds. The van der Waals surface area contributed by atoms with Crippen LogP contribution in [0, 0.1) is 0 Å². The smallest absolute Gasteiger partial charge is 0.392 e. The van der Waals surface area contributed by atoms with Gasteiger partial charge in [0.2, 0.25) is 0 Å². The number of carbonyl (C=O) groups excluding carboxylic acids is 1. The van der Waals surface area contributed by atoms with Gasteiger partial charge < -0.3 is 4.74 Å². The Hall–Kier alpha value is -1.23. The second-order valence-corrected chi connectivity index (χ2v) is 3.40. The van der Waals surface area contributed by atoms with Crippen molar-refractivity contribution < 1.29 is 22.7 Å². The average molecular weight is 253 g/mol. The normalized spacial score (nSPS) is 11.2. The molecule has 0 aliphatic carbocycles. The van der Waals surface area contributed by atoms with Gasteiger partial charge in [-0.15, -0.1) is 0 Å². The van der Waals surface area contributed by atoms with E-state index in [0.29, 0.717) is 6.29 Å². The monoisotopic (exact) mass is 252 g/mol. The third-order valence-corrected chi connectivity index (χ3v) is 2.05. The predicted octanol–water partition coefficient (Wildman–Crippen LogP) is 3.48. The first-order valence-electron chi connectivity index (χ1n) is 4.37. The molecule has 0 fully saturated rings. The third-order valence-electron chi connectivity index (χ3n) is 1.76. The molecule has 0 aromatic heterocycles. The summed E-state index contributed by atoms with van der Waals surface area (Å²) < 4.78 is 40.4. The van der Waals surface area contributed by atoms with Crippen molar-refractivity contribution in [2.24, 2.45) is 0 Å². The van der Waals surface area contributed by atoms with Crippen molar-refractivity contribution in [1.82, 2.24) is 0 Å². The molecule has 0 bridgehead atoms. The topological polar surface area (TPSA) is 26.3 Å². The van der Waals surface area contributed by atoms with Gasteiger partial charge in [0.15, 0.2) is 6.29 Å². The quantitative estimate of drug-likeness (QED) is 0.767. The molecule has 0 heterocycles. The van der Waals surface area contributed by atoms with Crippen molar-refractivity contribution in [3.05, 3.63) is 28.8 Å². The Morgan fingerprint density at radius 3 is 2.62 bits per heavy atom. The van der Waals surface area contributed by atoms with Gasteiger partial charge in [0, 0.05) is 0 Å². The van der Waals surface area contributed by atoms with E-state index in [4.69, 9.17) is 16.3 Å². The van der Waals surface area contributed by atoms with E-state index in [9.17, 15) is 18.0 Å². The van der Waals surface area contributed by atoms with Gasteiger partial charge >= 0.3 is 6.18 Å². The fourth-order valence-electron chi connectivity index (χ4n) is 1.04. The molecule has 0 atom stereocenters. The van der Waals surface area contributed by atoms with E-state index in [0.717, 1.165) is 0 Å². The van der Waals surface area contributed by atoms with Crippen molar-refractivity contribution in [3.8, 4) is 5.75 Å². The lowest BCUT2D eigenvalue weighted by atomic mass is 10.2. The summed E-state index contributed by atoms with van der Waals surface area (Å²) in [5.74, 6) is -0.0107. The second kappa shape index (κ2) is 5.21. The van der Waals surface area contributed by atoms with Crippen molar-refractivity contribution >= 4 is 17.9 Å². The Labute approximate surface area is 95.0 Å². The molecule has 1 rings (SSSR count). The van der Waals surface area contributed by atoms with E-state index in [1.54, 1.807) is 0 Å². The largest absolute Gasteiger partial charge is 0.491 e. The molecule has 6 heteroatoms. The van der Waals surface area contributed by atoms with Gasteiger partial charge in [-0.2, -0.15) is 13.2 Å². The maximum absolute atomic E-state index is 11.9. The summed E-state index contributed by atoms with van der Waals surface area (Å²) in [6, 6.07) is 4.38. The Morgan fingerprint density at radius 2 is 2.06 bits per heavy atom. The minimum absolute atomic E-state index is 0.0107. The molecular formula is C10H8ClF3O2. The fourth-order valence-corrected chi connectivity index (χ4v) is 1.28. The highest BCUT2D eigenvalue weighted by Gasteiger charge is 2.27. The first-order valence-corrected chi connectivity index (χ1v) is 4.75. The van der Waals surface area contributed by atoms with Crippen molar-refractivity contribution in [2.45, 2.75) is 12.6 Å². The summed E-state index contributed by atoms with van der Waals surface area (Å²) in [6.07, 6.45) is -4.89. The lowest BCUT2D eigenvalue weighted by Gasteiger charge is -2.11. The third kappa shape index (κ3) is 3.73. The van der Waals surface area contributed by atoms with Crippen LogP contribution in [-0.4, -0.2) is 19.1 Å². The van der Waals surface area contributed by atoms with E-state index in [2.05, 4.69) is 0 Å². The lowest BCUT2D eigenvalue weighted by molar-refractivity contribution is -0.139. The number of para-hydroxylation sites is 1. The van der Waals surface area contributed by atoms with Crippen LogP contribution in [0.4, 0.5) is 13.2 Å². The zero-order chi connectivity index (χ0) is 12.2. The van der Waals surface area contributed by atoms with E-state index < -0.39 is 19.2 Å². The Bertz CT molecular complexity index is 377. The molecule has 2 nitrogen and oxygen atoms in total. The molecule has 0 aliphatic heterocycles. The zero-order valence-electron chi connectivity index (χ0n) is 8.05. The zero-order valence-corrected chi connectivity index (χ0v) is 8.81. The van der Waals surface area contributed by atoms with Crippen LogP contribution in [0.25, 0.3) is 0 Å². The number of rotatable bonds is 4. The molecule has 0 saturated heterocycles. The maximum atomic E-state index is 11.9. The molecule has 0 saturated carbocycles. The molecule has 0 spiro atoms. The van der Waals surface area contributed by atoms with Gasteiger partial charge in [-0.3, -0.25) is 4.79 Å². The van der Waals surface area contributed by atoms with Crippen LogP contribution < -0.4 is 4.74 Å². The summed E-state index contributed by atoms with van der Waals surface area (Å²) in [7, 11) is 0. The SMILES string of the molecule is O=Cc1cccc(Cl)c1OCCC(F)(F)F. The van der Waals surface area contributed by atoms with Crippen LogP contribution >= 0.6 is 11.6 Å². The van der Waals surface area contributed by atoms with E-state index in [1.165, 1.54) is 18.2 Å². The number of benzene rings is 1. The summed E-state index contributed by atoms with van der Waals surface area (Å²) in [4.78, 5) is 10.6. The van der Waals surface area contributed by atoms with Crippen LogP contribution in [-0.2, 0) is 0 Å². The predicted molar refractivity (Wildman–Crippen MR) is 53.0 cm³/mol. The summed E-state index contributed by atoms with van der Waals surface area (Å²) in [5.41, 5.74) is 0.134. The number of ether oxygens (including phenoxy) is 1. The Balaban J connectivity index is 2.70. The van der Waals surface area contributed by atoms with E-state index in [-0.39, 0.29) is 16.3 Å². The van der Waals surface area contributed by atoms with Gasteiger partial charge in [-0.1, -0.05) is 17.7 Å². The second-order valence-electron chi connectivity index (χ2n) is 2.99.